The van der Waals surface area contributed by atoms with Crippen LogP contribution in [0, 0.1) is 5.41 Å². The lowest BCUT2D eigenvalue weighted by Gasteiger charge is -2.25. The molecule has 29 heavy (non-hydrogen) atoms. The molecule has 0 bridgehead atoms. The molecule has 0 aliphatic carbocycles. The molecule has 0 amide bonds. The molecule has 13 heteroatoms. The van der Waals surface area contributed by atoms with Gasteiger partial charge in [-0.15, -0.1) is 16.4 Å². The van der Waals surface area contributed by atoms with Gasteiger partial charge in [-0.05, 0) is 6.07 Å². The molecule has 0 saturated heterocycles. The smallest absolute Gasteiger partial charge is 0.398 e. The Morgan fingerprint density at radius 1 is 1.38 bits per heavy atom. The third-order valence-electron chi connectivity index (χ3n) is 4.32. The van der Waals surface area contributed by atoms with Crippen molar-refractivity contribution >= 4 is 40.1 Å². The number of rotatable bonds is 5. The van der Waals surface area contributed by atoms with Crippen molar-refractivity contribution in [1.82, 2.24) is 35.0 Å². The molecule has 1 aliphatic heterocycles. The van der Waals surface area contributed by atoms with E-state index in [4.69, 9.17) is 11.1 Å². The first kappa shape index (κ1) is 19.3. The minimum Gasteiger partial charge on any atom is -0.398 e. The Morgan fingerprint density at radius 2 is 2.17 bits per heavy atom. The minimum atomic E-state index is -4.31. The van der Waals surface area contributed by atoms with Crippen LogP contribution in [0.15, 0.2) is 18.5 Å². The fourth-order valence-corrected chi connectivity index (χ4v) is 3.87. The zero-order chi connectivity index (χ0) is 20.8. The van der Waals surface area contributed by atoms with Crippen LogP contribution >= 0.6 is 11.3 Å². The number of fused-ring (bicyclic) bond motifs is 1. The average Bonchev–Trinajstić information content (AvgIpc) is 3.32. The topological polar surface area (TPSA) is 113 Å². The van der Waals surface area contributed by atoms with Crippen molar-refractivity contribution in [3.05, 3.63) is 33.9 Å². The molecule has 9 nitrogen and oxygen atoms in total. The van der Waals surface area contributed by atoms with E-state index in [0.29, 0.717) is 39.7 Å². The fraction of sp³-hybridized carbons (Fsp3) is 0.312. The van der Waals surface area contributed by atoms with Gasteiger partial charge < -0.3 is 16.2 Å². The highest BCUT2D eigenvalue weighted by Crippen LogP contribution is 2.27. The van der Waals surface area contributed by atoms with Crippen LogP contribution in [-0.2, 0) is 6.54 Å². The maximum atomic E-state index is 12.7. The van der Waals surface area contributed by atoms with Crippen molar-refractivity contribution < 1.29 is 13.2 Å². The SMILES string of the molecule is CN1CC(c2cnc3nnn(Cc4cc(N)c(C=N)s4)c3n2)=CN1CC(F)(F)F. The van der Waals surface area contributed by atoms with E-state index >= 15 is 0 Å². The molecule has 0 unspecified atom stereocenters. The first-order valence-electron chi connectivity index (χ1n) is 8.44. The summed E-state index contributed by atoms with van der Waals surface area (Å²) in [5.74, 6) is 0. The molecule has 4 heterocycles. The molecule has 4 rings (SSSR count). The van der Waals surface area contributed by atoms with Crippen LogP contribution in [0.3, 0.4) is 0 Å². The summed E-state index contributed by atoms with van der Waals surface area (Å²) in [5, 5.41) is 18.0. The Balaban J connectivity index is 1.63. The van der Waals surface area contributed by atoms with E-state index in [0.717, 1.165) is 9.89 Å². The van der Waals surface area contributed by atoms with Crippen LogP contribution in [-0.4, -0.2) is 67.5 Å². The Hall–Kier alpha value is -3.06. The zero-order valence-electron chi connectivity index (χ0n) is 15.2. The molecule has 0 aromatic carbocycles. The number of thiophene rings is 1. The number of nitrogen functional groups attached to an aromatic ring is 1. The number of nitrogens with two attached hydrogens (primary N) is 1. The quantitative estimate of drug-likeness (QED) is 0.604. The van der Waals surface area contributed by atoms with E-state index < -0.39 is 12.7 Å². The molecule has 0 fully saturated rings. The van der Waals surface area contributed by atoms with E-state index in [2.05, 4.69) is 20.3 Å². The third-order valence-corrected chi connectivity index (χ3v) is 5.40. The second-order valence-electron chi connectivity index (χ2n) is 6.51. The van der Waals surface area contributed by atoms with Gasteiger partial charge in [-0.25, -0.2) is 19.7 Å². The summed E-state index contributed by atoms with van der Waals surface area (Å²) in [7, 11) is 1.58. The highest BCUT2D eigenvalue weighted by atomic mass is 32.1. The minimum absolute atomic E-state index is 0.280. The van der Waals surface area contributed by atoms with Crippen molar-refractivity contribution in [3.63, 3.8) is 0 Å². The lowest BCUT2D eigenvalue weighted by atomic mass is 10.2. The van der Waals surface area contributed by atoms with Gasteiger partial charge in [0.2, 0.25) is 5.65 Å². The normalized spacial score (nSPS) is 15.3. The first-order valence-corrected chi connectivity index (χ1v) is 9.25. The van der Waals surface area contributed by atoms with Crippen LogP contribution in [0.2, 0.25) is 0 Å². The number of aromatic nitrogens is 5. The van der Waals surface area contributed by atoms with E-state index in [1.807, 2.05) is 0 Å². The predicted octanol–water partition coefficient (Wildman–Crippen LogP) is 1.98. The number of alkyl halides is 3. The first-order chi connectivity index (χ1) is 13.7. The van der Waals surface area contributed by atoms with E-state index in [-0.39, 0.29) is 6.54 Å². The van der Waals surface area contributed by atoms with Gasteiger partial charge >= 0.3 is 6.18 Å². The van der Waals surface area contributed by atoms with Crippen molar-refractivity contribution in [3.8, 4) is 0 Å². The number of hydrogen-bond acceptors (Lipinski definition) is 9. The molecule has 152 valence electrons. The molecule has 0 saturated carbocycles. The van der Waals surface area contributed by atoms with Gasteiger partial charge in [-0.3, -0.25) is 0 Å². The molecule has 1 aliphatic rings. The van der Waals surface area contributed by atoms with Crippen molar-refractivity contribution in [2.45, 2.75) is 12.7 Å². The summed E-state index contributed by atoms with van der Waals surface area (Å²) in [6.45, 7) is -0.449. The number of likely N-dealkylation sites (N-methyl/N-ethyl adjacent to an activating group) is 1. The van der Waals surface area contributed by atoms with E-state index in [1.54, 1.807) is 17.8 Å². The Morgan fingerprint density at radius 3 is 2.86 bits per heavy atom. The molecule has 0 spiro atoms. The standard InChI is InChI=1S/C16H16F3N9S/c1-26-5-9(6-27(26)8-16(17,18)19)12-4-22-14-15(23-12)28(25-24-14)7-10-2-11(21)13(3-20)29-10/h2-4,6,20H,5,7-8,21H2,1H3. The molecular formula is C16H16F3N9S. The highest BCUT2D eigenvalue weighted by molar-refractivity contribution is 7.14. The maximum Gasteiger partial charge on any atom is 0.407 e. The van der Waals surface area contributed by atoms with Crippen LogP contribution in [0.4, 0.5) is 18.9 Å². The third kappa shape index (κ3) is 3.91. The fourth-order valence-electron chi connectivity index (χ4n) is 2.98. The number of nitrogens with one attached hydrogen (secondary N) is 1. The Bertz CT molecular complexity index is 1100. The summed E-state index contributed by atoms with van der Waals surface area (Å²) in [6.07, 6.45) is -0.213. The van der Waals surface area contributed by atoms with Crippen molar-refractivity contribution in [2.24, 2.45) is 0 Å². The summed E-state index contributed by atoms with van der Waals surface area (Å²) in [6, 6.07) is 1.76. The average molecular weight is 423 g/mol. The van der Waals surface area contributed by atoms with Gasteiger partial charge in [-0.2, -0.15) is 13.2 Å². The van der Waals surface area contributed by atoms with Crippen LogP contribution in [0.25, 0.3) is 16.9 Å². The molecular weight excluding hydrogens is 407 g/mol. The number of hydrazine groups is 1. The largest absolute Gasteiger partial charge is 0.407 e. The second kappa shape index (κ2) is 7.08. The van der Waals surface area contributed by atoms with Crippen molar-refractivity contribution in [1.29, 1.82) is 5.41 Å². The van der Waals surface area contributed by atoms with Gasteiger partial charge in [0.1, 0.15) is 6.54 Å². The van der Waals surface area contributed by atoms with Gasteiger partial charge in [-0.1, -0.05) is 5.21 Å². The van der Waals surface area contributed by atoms with Crippen molar-refractivity contribution in [2.75, 3.05) is 25.9 Å². The summed E-state index contributed by atoms with van der Waals surface area (Å²) < 4.78 is 39.7. The molecule has 0 radical (unpaired) electrons. The summed E-state index contributed by atoms with van der Waals surface area (Å²) >= 11 is 1.37. The molecule has 3 aromatic rings. The van der Waals surface area contributed by atoms with Crippen LogP contribution < -0.4 is 5.73 Å². The van der Waals surface area contributed by atoms with Gasteiger partial charge in [0, 0.05) is 36.5 Å². The summed E-state index contributed by atoms with van der Waals surface area (Å²) in [5.41, 5.74) is 8.21. The zero-order valence-corrected chi connectivity index (χ0v) is 16.0. The second-order valence-corrected chi connectivity index (χ2v) is 7.68. The number of halogens is 3. The molecule has 3 N–H and O–H groups in total. The van der Waals surface area contributed by atoms with Gasteiger partial charge in [0.05, 0.1) is 29.0 Å². The summed E-state index contributed by atoms with van der Waals surface area (Å²) in [4.78, 5) is 10.3. The lowest BCUT2D eigenvalue weighted by Crippen LogP contribution is -2.38. The van der Waals surface area contributed by atoms with E-state index in [1.165, 1.54) is 35.0 Å². The highest BCUT2D eigenvalue weighted by Gasteiger charge is 2.34. The Kier molecular flexibility index (Phi) is 4.70. The van der Waals surface area contributed by atoms with E-state index in [9.17, 15) is 13.2 Å². The lowest BCUT2D eigenvalue weighted by molar-refractivity contribution is -0.161. The monoisotopic (exact) mass is 423 g/mol. The Labute approximate surface area is 166 Å². The van der Waals surface area contributed by atoms with Crippen LogP contribution in [0.5, 0.6) is 0 Å². The maximum absolute atomic E-state index is 12.7. The predicted molar refractivity (Wildman–Crippen MR) is 102 cm³/mol. The van der Waals surface area contributed by atoms with Crippen LogP contribution in [0.1, 0.15) is 15.4 Å². The number of hydrogen-bond donors (Lipinski definition) is 2. The van der Waals surface area contributed by atoms with Gasteiger partial charge in [0.25, 0.3) is 0 Å². The number of anilines is 1. The number of nitrogens with zero attached hydrogens (tertiary/aromatic N) is 7. The molecule has 0 atom stereocenters. The van der Waals surface area contributed by atoms with Gasteiger partial charge in [0.15, 0.2) is 5.65 Å². The molecule has 3 aromatic heterocycles.